The minimum atomic E-state index is -4.96. The van der Waals surface area contributed by atoms with Crippen LogP contribution in [0.5, 0.6) is 0 Å². The molecule has 10 nitrogen and oxygen atoms in total. The number of amides is 1. The monoisotopic (exact) mass is 555 g/mol. The Morgan fingerprint density at radius 3 is 2.43 bits per heavy atom. The number of aliphatic hydroxyl groups is 1. The van der Waals surface area contributed by atoms with Crippen molar-refractivity contribution in [2.45, 2.75) is 25.4 Å². The van der Waals surface area contributed by atoms with Crippen molar-refractivity contribution in [3.8, 4) is 17.1 Å². The van der Waals surface area contributed by atoms with Crippen molar-refractivity contribution in [3.63, 3.8) is 0 Å². The summed E-state index contributed by atoms with van der Waals surface area (Å²) in [6.45, 7) is -1.47. The molecule has 0 fully saturated rings. The second kappa shape index (κ2) is 10.4. The maximum atomic E-state index is 13.1. The summed E-state index contributed by atoms with van der Waals surface area (Å²) in [4.78, 5) is 29.7. The van der Waals surface area contributed by atoms with E-state index in [4.69, 9.17) is 23.2 Å². The highest BCUT2D eigenvalue weighted by Gasteiger charge is 2.39. The Kier molecular flexibility index (Phi) is 7.39. The van der Waals surface area contributed by atoms with E-state index in [1.54, 1.807) is 24.3 Å². The van der Waals surface area contributed by atoms with Crippen LogP contribution in [0.4, 0.5) is 13.2 Å². The van der Waals surface area contributed by atoms with Crippen LogP contribution in [0.3, 0.4) is 0 Å². The van der Waals surface area contributed by atoms with Crippen LogP contribution < -0.4 is 11.0 Å². The number of carbonyl (C=O) groups excluding carboxylic acids is 1. The van der Waals surface area contributed by atoms with Gasteiger partial charge in [0, 0.05) is 22.7 Å². The van der Waals surface area contributed by atoms with Gasteiger partial charge >= 0.3 is 11.9 Å². The maximum Gasteiger partial charge on any atom is 0.416 e. The third-order valence-electron chi connectivity index (χ3n) is 5.18. The van der Waals surface area contributed by atoms with E-state index in [0.29, 0.717) is 20.3 Å². The van der Waals surface area contributed by atoms with Crippen LogP contribution >= 0.6 is 23.2 Å². The average Bonchev–Trinajstić information content (AvgIpc) is 3.40. The Balaban J connectivity index is 1.78. The lowest BCUT2D eigenvalue weighted by Gasteiger charge is -2.15. The van der Waals surface area contributed by atoms with Crippen LogP contribution in [0.1, 0.15) is 16.4 Å². The van der Waals surface area contributed by atoms with Crippen LogP contribution in [0, 0.1) is 0 Å². The van der Waals surface area contributed by atoms with Gasteiger partial charge in [-0.1, -0.05) is 29.3 Å². The first-order valence-electron chi connectivity index (χ1n) is 10.6. The molecule has 0 aliphatic carbocycles. The molecule has 0 saturated heterocycles. The molecule has 0 spiro atoms. The fourth-order valence-corrected chi connectivity index (χ4v) is 3.71. The van der Waals surface area contributed by atoms with Gasteiger partial charge in [-0.15, -0.1) is 10.2 Å². The molecule has 0 bridgehead atoms. The number of hydrogen-bond acceptors (Lipinski definition) is 6. The smallest absolute Gasteiger partial charge is 0.382 e. The van der Waals surface area contributed by atoms with Gasteiger partial charge in [-0.3, -0.25) is 9.36 Å². The van der Waals surface area contributed by atoms with E-state index in [1.165, 1.54) is 36.0 Å². The van der Waals surface area contributed by atoms with E-state index in [9.17, 15) is 27.9 Å². The van der Waals surface area contributed by atoms with Crippen LogP contribution in [0.25, 0.3) is 17.1 Å². The molecule has 2 aromatic heterocycles. The quantitative estimate of drug-likeness (QED) is 0.362. The van der Waals surface area contributed by atoms with E-state index >= 15 is 0 Å². The number of nitrogens with one attached hydrogen (secondary N) is 1. The molecule has 1 amide bonds. The lowest BCUT2D eigenvalue weighted by Crippen LogP contribution is -2.37. The van der Waals surface area contributed by atoms with Crippen LogP contribution in [-0.2, 0) is 13.1 Å². The fourth-order valence-electron chi connectivity index (χ4n) is 3.40. The largest absolute Gasteiger partial charge is 0.416 e. The zero-order valence-corrected chi connectivity index (χ0v) is 20.5. The van der Waals surface area contributed by atoms with Gasteiger partial charge in [0.05, 0.1) is 12.2 Å². The predicted molar refractivity (Wildman–Crippen MR) is 128 cm³/mol. The number of rotatable bonds is 7. The first-order chi connectivity index (χ1) is 17.5. The number of carbonyl (C=O) groups is 1. The second-order valence-electron chi connectivity index (χ2n) is 7.76. The lowest BCUT2D eigenvalue weighted by atomic mass is 10.2. The molecule has 2 aromatic carbocycles. The van der Waals surface area contributed by atoms with Crippen molar-refractivity contribution in [1.29, 1.82) is 0 Å². The second-order valence-corrected chi connectivity index (χ2v) is 8.63. The summed E-state index contributed by atoms with van der Waals surface area (Å²) >= 11 is 11.9. The maximum absolute atomic E-state index is 13.1. The molecule has 1 atom stereocenters. The summed E-state index contributed by atoms with van der Waals surface area (Å²) in [5, 5.41) is 21.3. The Bertz CT molecular complexity index is 1500. The molecule has 0 aliphatic heterocycles. The van der Waals surface area contributed by atoms with Crippen molar-refractivity contribution in [2.75, 3.05) is 7.05 Å². The summed E-state index contributed by atoms with van der Waals surface area (Å²) in [6.07, 6.45) is -7.77. The molecular formula is C22H18Cl2F3N7O3. The topological polar surface area (TPSA) is 120 Å². The lowest BCUT2D eigenvalue weighted by molar-refractivity contribution is -0.207. The zero-order valence-electron chi connectivity index (χ0n) is 18.9. The van der Waals surface area contributed by atoms with Gasteiger partial charge in [-0.2, -0.15) is 13.2 Å². The molecule has 2 N–H and O–H groups in total. The van der Waals surface area contributed by atoms with Gasteiger partial charge < -0.3 is 10.4 Å². The Labute approximate surface area is 216 Å². The summed E-state index contributed by atoms with van der Waals surface area (Å²) in [6, 6.07) is 12.4. The molecule has 15 heteroatoms. The number of benzene rings is 2. The SMILES string of the molecule is CNC(=O)c1nc(Cn2nc(-c3ccc(Cl)cc3)n(C[C@H](O)C(F)(F)F)c2=O)nn1-c1cccc(Cl)c1. The third-order valence-corrected chi connectivity index (χ3v) is 5.67. The van der Waals surface area contributed by atoms with E-state index in [0.717, 1.165) is 4.68 Å². The number of nitrogens with zero attached hydrogens (tertiary/aromatic N) is 6. The van der Waals surface area contributed by atoms with E-state index in [-0.39, 0.29) is 29.6 Å². The molecule has 0 saturated carbocycles. The molecule has 194 valence electrons. The predicted octanol–water partition coefficient (Wildman–Crippen LogP) is 2.93. The van der Waals surface area contributed by atoms with Gasteiger partial charge in [0.1, 0.15) is 6.54 Å². The average molecular weight is 556 g/mol. The van der Waals surface area contributed by atoms with E-state index < -0.39 is 30.4 Å². The zero-order chi connectivity index (χ0) is 26.9. The van der Waals surface area contributed by atoms with E-state index in [1.807, 2.05) is 0 Å². The van der Waals surface area contributed by atoms with Gasteiger partial charge in [0.25, 0.3) is 5.91 Å². The highest BCUT2D eigenvalue weighted by Crippen LogP contribution is 2.24. The van der Waals surface area contributed by atoms with Crippen molar-refractivity contribution in [3.05, 3.63) is 80.7 Å². The van der Waals surface area contributed by atoms with Gasteiger partial charge in [-0.25, -0.2) is 19.1 Å². The molecule has 2 heterocycles. The molecule has 0 radical (unpaired) electrons. The minimum Gasteiger partial charge on any atom is -0.382 e. The number of halogens is 5. The molecular weight excluding hydrogens is 538 g/mol. The standard InChI is InChI=1S/C22H18Cl2F3N7O3/c1-28-20(36)19-29-17(30-34(19)15-4-2-3-14(24)9-15)11-33-21(37)32(10-16(35)22(25,26)27)18(31-33)12-5-7-13(23)8-6-12/h2-9,16,35H,10-11H2,1H3,(H,28,36)/t16-/m0/s1. The van der Waals surface area contributed by atoms with Crippen LogP contribution in [0.2, 0.25) is 10.0 Å². The van der Waals surface area contributed by atoms with Crippen LogP contribution in [0.15, 0.2) is 53.3 Å². The normalized spacial score (nSPS) is 12.5. The molecule has 0 unspecified atom stereocenters. The van der Waals surface area contributed by atoms with Gasteiger partial charge in [-0.05, 0) is 42.5 Å². The van der Waals surface area contributed by atoms with Crippen molar-refractivity contribution in [1.82, 2.24) is 34.4 Å². The summed E-state index contributed by atoms with van der Waals surface area (Å²) in [7, 11) is 1.40. The molecule has 4 aromatic rings. The molecule has 0 aliphatic rings. The molecule has 4 rings (SSSR count). The highest BCUT2D eigenvalue weighted by molar-refractivity contribution is 6.31. The van der Waals surface area contributed by atoms with Crippen molar-refractivity contribution >= 4 is 29.1 Å². The molecule has 37 heavy (non-hydrogen) atoms. The summed E-state index contributed by atoms with van der Waals surface area (Å²) < 4.78 is 42.0. The van der Waals surface area contributed by atoms with Gasteiger partial charge in [0.15, 0.2) is 17.8 Å². The third kappa shape index (κ3) is 5.68. The van der Waals surface area contributed by atoms with E-state index in [2.05, 4.69) is 20.5 Å². The fraction of sp³-hybridized carbons (Fsp3) is 0.227. The van der Waals surface area contributed by atoms with Crippen molar-refractivity contribution < 1.29 is 23.1 Å². The number of aliphatic hydroxyl groups excluding tert-OH is 1. The summed E-state index contributed by atoms with van der Waals surface area (Å²) in [5.74, 6) is -0.848. The first kappa shape index (κ1) is 26.4. The van der Waals surface area contributed by atoms with Crippen LogP contribution in [-0.4, -0.2) is 59.5 Å². The first-order valence-corrected chi connectivity index (χ1v) is 11.4. The van der Waals surface area contributed by atoms with Crippen molar-refractivity contribution in [2.24, 2.45) is 0 Å². The number of aromatic nitrogens is 6. The summed E-state index contributed by atoms with van der Waals surface area (Å²) in [5.41, 5.74) is -0.246. The Hall–Kier alpha value is -3.68. The Morgan fingerprint density at radius 2 is 1.81 bits per heavy atom. The van der Waals surface area contributed by atoms with Gasteiger partial charge in [0.2, 0.25) is 5.82 Å². The minimum absolute atomic E-state index is 0.0237. The number of alkyl halides is 3. The number of hydrogen-bond donors (Lipinski definition) is 2. The Morgan fingerprint density at radius 1 is 1.11 bits per heavy atom. The highest BCUT2D eigenvalue weighted by atomic mass is 35.5.